The van der Waals surface area contributed by atoms with Gasteiger partial charge in [0, 0.05) is 22.9 Å². The van der Waals surface area contributed by atoms with Gasteiger partial charge in [-0.05, 0) is 30.9 Å². The summed E-state index contributed by atoms with van der Waals surface area (Å²) in [6, 6.07) is 4.24. The summed E-state index contributed by atoms with van der Waals surface area (Å²) in [6.07, 6.45) is 1.13. The standard InChI is InChI=1S/C13H23NOS/c1-10-5-6-12(16-10)11(9-14)15-8-7-13(2,3)4/h5-6,11H,7-9,14H2,1-4H3. The van der Waals surface area contributed by atoms with Crippen LogP contribution in [0.5, 0.6) is 0 Å². The first-order valence-corrected chi connectivity index (χ1v) is 6.62. The van der Waals surface area contributed by atoms with Gasteiger partial charge in [0.05, 0.1) is 0 Å². The highest BCUT2D eigenvalue weighted by molar-refractivity contribution is 7.12. The molecule has 0 fully saturated rings. The van der Waals surface area contributed by atoms with E-state index >= 15 is 0 Å². The van der Waals surface area contributed by atoms with Crippen molar-refractivity contribution in [2.24, 2.45) is 11.1 Å². The van der Waals surface area contributed by atoms with Gasteiger partial charge < -0.3 is 10.5 Å². The van der Waals surface area contributed by atoms with Crippen molar-refractivity contribution in [3.63, 3.8) is 0 Å². The van der Waals surface area contributed by atoms with E-state index in [1.807, 2.05) is 0 Å². The van der Waals surface area contributed by atoms with Gasteiger partial charge >= 0.3 is 0 Å². The van der Waals surface area contributed by atoms with E-state index < -0.39 is 0 Å². The van der Waals surface area contributed by atoms with Crippen LogP contribution in [0.25, 0.3) is 0 Å². The highest BCUT2D eigenvalue weighted by atomic mass is 32.1. The molecule has 1 rings (SSSR count). The molecule has 0 saturated carbocycles. The Morgan fingerprint density at radius 1 is 1.38 bits per heavy atom. The van der Waals surface area contributed by atoms with Crippen molar-refractivity contribution in [1.29, 1.82) is 0 Å². The van der Waals surface area contributed by atoms with Crippen LogP contribution in [0.2, 0.25) is 0 Å². The predicted molar refractivity (Wildman–Crippen MR) is 70.9 cm³/mol. The number of hydrogen-bond acceptors (Lipinski definition) is 3. The monoisotopic (exact) mass is 241 g/mol. The molecule has 0 aliphatic carbocycles. The van der Waals surface area contributed by atoms with Crippen molar-refractivity contribution in [3.8, 4) is 0 Å². The first-order chi connectivity index (χ1) is 7.42. The van der Waals surface area contributed by atoms with E-state index in [1.165, 1.54) is 9.75 Å². The molecule has 1 aromatic heterocycles. The van der Waals surface area contributed by atoms with E-state index in [1.54, 1.807) is 11.3 Å². The van der Waals surface area contributed by atoms with E-state index in [0.717, 1.165) is 13.0 Å². The second-order valence-electron chi connectivity index (χ2n) is 5.35. The van der Waals surface area contributed by atoms with Gasteiger partial charge in [0.1, 0.15) is 6.10 Å². The number of hydrogen-bond donors (Lipinski definition) is 1. The minimum atomic E-state index is 0.0704. The molecule has 16 heavy (non-hydrogen) atoms. The third-order valence-electron chi connectivity index (χ3n) is 2.46. The summed E-state index contributed by atoms with van der Waals surface area (Å²) in [6.45, 7) is 10.1. The fraction of sp³-hybridized carbons (Fsp3) is 0.692. The molecule has 0 bridgehead atoms. The molecule has 1 unspecified atom stereocenters. The molecular formula is C13H23NOS. The molecule has 0 aliphatic heterocycles. The fourth-order valence-corrected chi connectivity index (χ4v) is 2.34. The summed E-state index contributed by atoms with van der Waals surface area (Å²) < 4.78 is 5.85. The molecule has 92 valence electrons. The molecule has 0 aliphatic rings. The Bertz CT molecular complexity index is 314. The minimum Gasteiger partial charge on any atom is -0.371 e. The summed E-state index contributed by atoms with van der Waals surface area (Å²) in [5, 5.41) is 0. The molecule has 2 N–H and O–H groups in total. The van der Waals surface area contributed by atoms with Crippen LogP contribution in [0.15, 0.2) is 12.1 Å². The van der Waals surface area contributed by atoms with E-state index in [2.05, 4.69) is 39.8 Å². The zero-order chi connectivity index (χ0) is 12.2. The van der Waals surface area contributed by atoms with Crippen LogP contribution in [-0.4, -0.2) is 13.2 Å². The highest BCUT2D eigenvalue weighted by Crippen LogP contribution is 2.26. The van der Waals surface area contributed by atoms with Gasteiger partial charge in [-0.25, -0.2) is 0 Å². The topological polar surface area (TPSA) is 35.2 Å². The Morgan fingerprint density at radius 3 is 2.50 bits per heavy atom. The molecular weight excluding hydrogens is 218 g/mol. The van der Waals surface area contributed by atoms with Crippen LogP contribution in [0.3, 0.4) is 0 Å². The van der Waals surface area contributed by atoms with Crippen LogP contribution in [0.1, 0.15) is 43.1 Å². The van der Waals surface area contributed by atoms with Gasteiger partial charge in [-0.2, -0.15) is 0 Å². The SMILES string of the molecule is Cc1ccc(C(CN)OCCC(C)(C)C)s1. The smallest absolute Gasteiger partial charge is 0.104 e. The third-order valence-corrected chi connectivity index (χ3v) is 3.56. The van der Waals surface area contributed by atoms with Gasteiger partial charge in [0.25, 0.3) is 0 Å². The van der Waals surface area contributed by atoms with Gasteiger partial charge in [-0.15, -0.1) is 11.3 Å². The average molecular weight is 241 g/mol. The largest absolute Gasteiger partial charge is 0.371 e. The maximum Gasteiger partial charge on any atom is 0.104 e. The molecule has 3 heteroatoms. The molecule has 0 spiro atoms. The van der Waals surface area contributed by atoms with Gasteiger partial charge in [0.2, 0.25) is 0 Å². The summed E-state index contributed by atoms with van der Waals surface area (Å²) in [7, 11) is 0. The Morgan fingerprint density at radius 2 is 2.06 bits per heavy atom. The van der Waals surface area contributed by atoms with Crippen LogP contribution in [0.4, 0.5) is 0 Å². The first kappa shape index (κ1) is 13.7. The lowest BCUT2D eigenvalue weighted by Gasteiger charge is -2.20. The van der Waals surface area contributed by atoms with Crippen molar-refractivity contribution < 1.29 is 4.74 Å². The quantitative estimate of drug-likeness (QED) is 0.856. The lowest BCUT2D eigenvalue weighted by Crippen LogP contribution is -2.18. The van der Waals surface area contributed by atoms with E-state index in [0.29, 0.717) is 12.0 Å². The van der Waals surface area contributed by atoms with Crippen LogP contribution < -0.4 is 5.73 Å². The normalized spacial score (nSPS) is 14.1. The number of aryl methyl sites for hydroxylation is 1. The van der Waals surface area contributed by atoms with Crippen molar-refractivity contribution in [3.05, 3.63) is 21.9 Å². The third kappa shape index (κ3) is 4.64. The Labute approximate surface area is 103 Å². The molecule has 1 heterocycles. The van der Waals surface area contributed by atoms with Gasteiger partial charge in [-0.1, -0.05) is 20.8 Å². The van der Waals surface area contributed by atoms with Gasteiger partial charge in [0.15, 0.2) is 0 Å². The van der Waals surface area contributed by atoms with Crippen molar-refractivity contribution in [2.45, 2.75) is 40.2 Å². The summed E-state index contributed by atoms with van der Waals surface area (Å²) in [5.41, 5.74) is 6.07. The maximum absolute atomic E-state index is 5.85. The lowest BCUT2D eigenvalue weighted by molar-refractivity contribution is 0.0444. The van der Waals surface area contributed by atoms with Crippen LogP contribution in [0, 0.1) is 12.3 Å². The van der Waals surface area contributed by atoms with Gasteiger partial charge in [-0.3, -0.25) is 0 Å². The molecule has 1 atom stereocenters. The van der Waals surface area contributed by atoms with Crippen molar-refractivity contribution >= 4 is 11.3 Å². The highest BCUT2D eigenvalue weighted by Gasteiger charge is 2.15. The minimum absolute atomic E-state index is 0.0704. The average Bonchev–Trinajstić information content (AvgIpc) is 2.58. The molecule has 0 amide bonds. The number of rotatable bonds is 5. The van der Waals surface area contributed by atoms with E-state index in [-0.39, 0.29) is 6.10 Å². The van der Waals surface area contributed by atoms with E-state index in [9.17, 15) is 0 Å². The summed E-state index contributed by atoms with van der Waals surface area (Å²) in [4.78, 5) is 2.56. The zero-order valence-corrected chi connectivity index (χ0v) is 11.6. The predicted octanol–water partition coefficient (Wildman–Crippen LogP) is 3.51. The summed E-state index contributed by atoms with van der Waals surface area (Å²) >= 11 is 1.77. The maximum atomic E-state index is 5.85. The summed E-state index contributed by atoms with van der Waals surface area (Å²) in [5.74, 6) is 0. The molecule has 0 saturated heterocycles. The number of nitrogens with two attached hydrogens (primary N) is 1. The second-order valence-corrected chi connectivity index (χ2v) is 6.67. The Hall–Kier alpha value is -0.380. The molecule has 0 aromatic carbocycles. The second kappa shape index (κ2) is 5.80. The first-order valence-electron chi connectivity index (χ1n) is 5.80. The zero-order valence-electron chi connectivity index (χ0n) is 10.7. The fourth-order valence-electron chi connectivity index (χ4n) is 1.40. The van der Waals surface area contributed by atoms with Crippen LogP contribution in [-0.2, 0) is 4.74 Å². The van der Waals surface area contributed by atoms with Crippen molar-refractivity contribution in [1.82, 2.24) is 0 Å². The Kier molecular flexibility index (Phi) is 4.96. The molecule has 1 aromatic rings. The molecule has 2 nitrogen and oxygen atoms in total. The van der Waals surface area contributed by atoms with Crippen molar-refractivity contribution in [2.75, 3.05) is 13.2 Å². The number of thiophene rings is 1. The lowest BCUT2D eigenvalue weighted by atomic mass is 9.93. The van der Waals surface area contributed by atoms with E-state index in [4.69, 9.17) is 10.5 Å². The Balaban J connectivity index is 2.44. The molecule has 0 radical (unpaired) electrons. The number of ether oxygens (including phenoxy) is 1. The van der Waals surface area contributed by atoms with Crippen LogP contribution >= 0.6 is 11.3 Å².